The third-order valence-electron chi connectivity index (χ3n) is 5.93. The Labute approximate surface area is 167 Å². The summed E-state index contributed by atoms with van der Waals surface area (Å²) in [7, 11) is 0. The highest BCUT2D eigenvalue weighted by Crippen LogP contribution is 2.46. The van der Waals surface area contributed by atoms with E-state index in [2.05, 4.69) is 68.9 Å². The summed E-state index contributed by atoms with van der Waals surface area (Å²) in [5.41, 5.74) is 10.5. The summed E-state index contributed by atoms with van der Waals surface area (Å²) in [5.74, 6) is 0. The SMILES string of the molecule is C=C(C)N1c2c(C)c(CC)c(-c3ccc(Cl)cc3)c3cc(C)n(c23)C[C@@H]1C. The Morgan fingerprint density at radius 3 is 2.48 bits per heavy atom. The molecule has 2 heterocycles. The number of aromatic nitrogens is 1. The number of halogens is 1. The molecular weight excluding hydrogens is 352 g/mol. The van der Waals surface area contributed by atoms with Crippen LogP contribution in [-0.4, -0.2) is 10.6 Å². The minimum absolute atomic E-state index is 0.397. The predicted octanol–water partition coefficient (Wildman–Crippen LogP) is 6.88. The van der Waals surface area contributed by atoms with Crippen LogP contribution in [0.5, 0.6) is 0 Å². The fraction of sp³-hybridized carbons (Fsp3) is 0.333. The summed E-state index contributed by atoms with van der Waals surface area (Å²) >= 11 is 6.16. The van der Waals surface area contributed by atoms with Crippen LogP contribution in [0.25, 0.3) is 22.0 Å². The average Bonchev–Trinajstić information content (AvgIpc) is 2.94. The number of aryl methyl sites for hydroxylation is 1. The second kappa shape index (κ2) is 6.45. The molecule has 1 aromatic heterocycles. The maximum absolute atomic E-state index is 6.16. The largest absolute Gasteiger partial charge is 0.341 e. The van der Waals surface area contributed by atoms with Crippen molar-refractivity contribution >= 4 is 28.2 Å². The number of allylic oxidation sites excluding steroid dienone is 1. The molecule has 2 nitrogen and oxygen atoms in total. The fourth-order valence-corrected chi connectivity index (χ4v) is 4.97. The lowest BCUT2D eigenvalue weighted by molar-refractivity contribution is 0.552. The first-order valence-electron chi connectivity index (χ1n) is 9.71. The predicted molar refractivity (Wildman–Crippen MR) is 118 cm³/mol. The van der Waals surface area contributed by atoms with Gasteiger partial charge in [0.25, 0.3) is 0 Å². The van der Waals surface area contributed by atoms with Crippen molar-refractivity contribution < 1.29 is 0 Å². The van der Waals surface area contributed by atoms with E-state index >= 15 is 0 Å². The molecule has 140 valence electrons. The Morgan fingerprint density at radius 1 is 1.22 bits per heavy atom. The minimum atomic E-state index is 0.397. The first-order chi connectivity index (χ1) is 12.8. The van der Waals surface area contributed by atoms with Gasteiger partial charge in [-0.2, -0.15) is 0 Å². The van der Waals surface area contributed by atoms with E-state index in [-0.39, 0.29) is 0 Å². The van der Waals surface area contributed by atoms with Crippen molar-refractivity contribution in [1.82, 2.24) is 4.57 Å². The third kappa shape index (κ3) is 2.62. The van der Waals surface area contributed by atoms with Crippen molar-refractivity contribution in [2.45, 2.75) is 53.6 Å². The molecule has 0 bridgehead atoms. The Balaban J connectivity index is 2.16. The van der Waals surface area contributed by atoms with Crippen molar-refractivity contribution in [3.63, 3.8) is 0 Å². The number of benzene rings is 2. The zero-order valence-corrected chi connectivity index (χ0v) is 17.6. The molecule has 1 aliphatic heterocycles. The van der Waals surface area contributed by atoms with Crippen molar-refractivity contribution in [2.24, 2.45) is 0 Å². The molecule has 3 aromatic rings. The van der Waals surface area contributed by atoms with E-state index in [4.69, 9.17) is 11.6 Å². The van der Waals surface area contributed by atoms with Gasteiger partial charge < -0.3 is 9.47 Å². The highest BCUT2D eigenvalue weighted by Gasteiger charge is 2.31. The quantitative estimate of drug-likeness (QED) is 0.482. The van der Waals surface area contributed by atoms with Gasteiger partial charge >= 0.3 is 0 Å². The van der Waals surface area contributed by atoms with E-state index in [1.165, 1.54) is 44.5 Å². The van der Waals surface area contributed by atoms with Gasteiger partial charge in [-0.25, -0.2) is 0 Å². The summed E-state index contributed by atoms with van der Waals surface area (Å²) < 4.78 is 2.49. The molecule has 1 atom stereocenters. The van der Waals surface area contributed by atoms with Crippen LogP contribution in [0.15, 0.2) is 42.6 Å². The van der Waals surface area contributed by atoms with Gasteiger partial charge in [-0.15, -0.1) is 0 Å². The van der Waals surface area contributed by atoms with Gasteiger partial charge in [0, 0.05) is 34.4 Å². The Kier molecular flexibility index (Phi) is 4.35. The van der Waals surface area contributed by atoms with E-state index in [0.717, 1.165) is 23.7 Å². The number of anilines is 1. The van der Waals surface area contributed by atoms with E-state index in [1.54, 1.807) is 0 Å². The van der Waals surface area contributed by atoms with Gasteiger partial charge in [0.05, 0.1) is 11.2 Å². The molecule has 3 heteroatoms. The van der Waals surface area contributed by atoms with Crippen LogP contribution in [0, 0.1) is 13.8 Å². The Bertz CT molecular complexity index is 1060. The molecule has 0 saturated heterocycles. The molecule has 0 spiro atoms. The first-order valence-corrected chi connectivity index (χ1v) is 10.1. The zero-order chi connectivity index (χ0) is 19.5. The average molecular weight is 379 g/mol. The van der Waals surface area contributed by atoms with Crippen LogP contribution >= 0.6 is 11.6 Å². The molecule has 4 rings (SSSR count). The van der Waals surface area contributed by atoms with Crippen LogP contribution in [-0.2, 0) is 13.0 Å². The van der Waals surface area contributed by atoms with Crippen LogP contribution < -0.4 is 4.90 Å². The van der Waals surface area contributed by atoms with Gasteiger partial charge in [0.1, 0.15) is 0 Å². The number of hydrogen-bond donors (Lipinski definition) is 0. The maximum Gasteiger partial charge on any atom is 0.0733 e. The number of rotatable bonds is 3. The number of nitrogens with zero attached hydrogens (tertiary/aromatic N) is 2. The van der Waals surface area contributed by atoms with E-state index < -0.39 is 0 Å². The highest BCUT2D eigenvalue weighted by molar-refractivity contribution is 6.30. The molecule has 0 radical (unpaired) electrons. The monoisotopic (exact) mass is 378 g/mol. The molecule has 2 aromatic carbocycles. The molecule has 27 heavy (non-hydrogen) atoms. The molecule has 0 aliphatic carbocycles. The molecular formula is C24H27ClN2. The summed E-state index contributed by atoms with van der Waals surface area (Å²) in [5, 5.41) is 2.11. The van der Waals surface area contributed by atoms with E-state index in [1.807, 2.05) is 12.1 Å². The lowest BCUT2D eigenvalue weighted by atomic mass is 9.88. The van der Waals surface area contributed by atoms with Crippen molar-refractivity contribution in [3.05, 3.63) is 64.5 Å². The van der Waals surface area contributed by atoms with Gasteiger partial charge in [-0.1, -0.05) is 37.2 Å². The third-order valence-corrected chi connectivity index (χ3v) is 6.19. The van der Waals surface area contributed by atoms with Gasteiger partial charge in [0.2, 0.25) is 0 Å². The second-order valence-electron chi connectivity index (χ2n) is 7.80. The smallest absolute Gasteiger partial charge is 0.0733 e. The maximum atomic E-state index is 6.16. The Morgan fingerprint density at radius 2 is 1.89 bits per heavy atom. The van der Waals surface area contributed by atoms with Crippen LogP contribution in [0.2, 0.25) is 5.02 Å². The number of hydrogen-bond acceptors (Lipinski definition) is 1. The highest BCUT2D eigenvalue weighted by atomic mass is 35.5. The first kappa shape index (κ1) is 18.2. The Hall–Kier alpha value is -2.19. The zero-order valence-electron chi connectivity index (χ0n) is 16.9. The molecule has 0 saturated carbocycles. The minimum Gasteiger partial charge on any atom is -0.341 e. The van der Waals surface area contributed by atoms with Gasteiger partial charge in [-0.3, -0.25) is 0 Å². The van der Waals surface area contributed by atoms with E-state index in [0.29, 0.717) is 6.04 Å². The van der Waals surface area contributed by atoms with Gasteiger partial charge in [-0.05, 0) is 74.6 Å². The summed E-state index contributed by atoms with van der Waals surface area (Å²) in [6.45, 7) is 16.4. The molecule has 0 N–H and O–H groups in total. The fourth-order valence-electron chi connectivity index (χ4n) is 4.85. The van der Waals surface area contributed by atoms with Crippen molar-refractivity contribution in [3.8, 4) is 11.1 Å². The van der Waals surface area contributed by atoms with E-state index in [9.17, 15) is 0 Å². The van der Waals surface area contributed by atoms with Crippen LogP contribution in [0.3, 0.4) is 0 Å². The molecule has 0 amide bonds. The summed E-state index contributed by atoms with van der Waals surface area (Å²) in [6.07, 6.45) is 0.995. The second-order valence-corrected chi connectivity index (χ2v) is 8.24. The normalized spacial score (nSPS) is 16.2. The van der Waals surface area contributed by atoms with Crippen molar-refractivity contribution in [2.75, 3.05) is 4.90 Å². The topological polar surface area (TPSA) is 8.17 Å². The summed E-state index contributed by atoms with van der Waals surface area (Å²) in [4.78, 5) is 2.43. The standard InChI is InChI=1S/C24H27ClN2/c1-7-20-17(6)23-24-21(22(20)18-8-10-19(25)11-9-18)12-15(4)26(24)13-16(5)27(23)14(2)3/h8-12,16H,2,7,13H2,1,3-6H3/t16-/m0/s1. The van der Waals surface area contributed by atoms with Gasteiger partial charge in [0.15, 0.2) is 0 Å². The van der Waals surface area contributed by atoms with Crippen LogP contribution in [0.1, 0.15) is 37.6 Å². The lowest BCUT2D eigenvalue weighted by Crippen LogP contribution is -2.39. The molecule has 1 aliphatic rings. The lowest BCUT2D eigenvalue weighted by Gasteiger charge is -2.39. The van der Waals surface area contributed by atoms with Crippen LogP contribution in [0.4, 0.5) is 5.69 Å². The molecule has 0 unspecified atom stereocenters. The summed E-state index contributed by atoms with van der Waals surface area (Å²) in [6, 6.07) is 11.0. The van der Waals surface area contributed by atoms with Crippen molar-refractivity contribution in [1.29, 1.82) is 0 Å². The molecule has 0 fully saturated rings.